The molecule has 1 atom stereocenters. The van der Waals surface area contributed by atoms with Crippen LogP contribution in [0.15, 0.2) is 52.9 Å². The summed E-state index contributed by atoms with van der Waals surface area (Å²) in [5.74, 6) is 3.50. The summed E-state index contributed by atoms with van der Waals surface area (Å²) in [5.41, 5.74) is 4.51. The van der Waals surface area contributed by atoms with Gasteiger partial charge in [0.2, 0.25) is 5.75 Å². The average molecular weight is 477 g/mol. The zero-order chi connectivity index (χ0) is 24.4. The predicted octanol–water partition coefficient (Wildman–Crippen LogP) is 4.03. The summed E-state index contributed by atoms with van der Waals surface area (Å²) >= 11 is 0. The molecule has 2 aliphatic rings. The lowest BCUT2D eigenvalue weighted by molar-refractivity contribution is 0.217. The summed E-state index contributed by atoms with van der Waals surface area (Å²) in [6, 6.07) is 8.22. The van der Waals surface area contributed by atoms with Crippen molar-refractivity contribution in [3.8, 4) is 28.6 Å². The van der Waals surface area contributed by atoms with E-state index < -0.39 is 0 Å². The molecule has 0 spiro atoms. The Bertz CT molecular complexity index is 1250. The lowest BCUT2D eigenvalue weighted by Crippen LogP contribution is -2.48. The highest BCUT2D eigenvalue weighted by molar-refractivity contribution is 5.93. The molecule has 1 saturated heterocycles. The fourth-order valence-electron chi connectivity index (χ4n) is 4.96. The van der Waals surface area contributed by atoms with E-state index in [4.69, 9.17) is 18.6 Å². The van der Waals surface area contributed by atoms with Gasteiger partial charge in [0.1, 0.15) is 17.1 Å². The van der Waals surface area contributed by atoms with Crippen LogP contribution in [0.5, 0.6) is 17.2 Å². The summed E-state index contributed by atoms with van der Waals surface area (Å²) in [5, 5.41) is 6.92. The third-order valence-electron chi connectivity index (χ3n) is 6.75. The number of benzene rings is 1. The molecule has 4 heterocycles. The Balaban J connectivity index is 1.52. The quantitative estimate of drug-likeness (QED) is 0.529. The van der Waals surface area contributed by atoms with Gasteiger partial charge in [0.05, 0.1) is 21.3 Å². The monoisotopic (exact) mass is 476 g/mol. The lowest BCUT2D eigenvalue weighted by atomic mass is 10.00. The third kappa shape index (κ3) is 4.30. The average Bonchev–Trinajstić information content (AvgIpc) is 3.37. The SMILES string of the molecule is CNC1=CC(c2ccnc3cc(-c4cc(OC)c(OC)c(OC)c4)oc23)=CCN1[C@@H]1CCCNC1. The van der Waals surface area contributed by atoms with E-state index in [1.54, 1.807) is 21.3 Å². The molecule has 1 aromatic carbocycles. The van der Waals surface area contributed by atoms with E-state index >= 15 is 0 Å². The number of ether oxygens (including phenoxy) is 3. The van der Waals surface area contributed by atoms with Crippen LogP contribution >= 0.6 is 0 Å². The molecule has 0 amide bonds. The number of allylic oxidation sites excluding steroid dienone is 2. The number of nitrogens with zero attached hydrogens (tertiary/aromatic N) is 2. The van der Waals surface area contributed by atoms with Gasteiger partial charge >= 0.3 is 0 Å². The second-order valence-corrected chi connectivity index (χ2v) is 8.69. The highest BCUT2D eigenvalue weighted by Gasteiger charge is 2.25. The van der Waals surface area contributed by atoms with Crippen LogP contribution in [0.4, 0.5) is 0 Å². The van der Waals surface area contributed by atoms with Gasteiger partial charge in [-0.05, 0) is 49.2 Å². The second kappa shape index (κ2) is 9.92. The zero-order valence-corrected chi connectivity index (χ0v) is 20.7. The maximum absolute atomic E-state index is 6.39. The van der Waals surface area contributed by atoms with Crippen molar-refractivity contribution < 1.29 is 18.6 Å². The Kier molecular flexibility index (Phi) is 6.55. The van der Waals surface area contributed by atoms with Crippen molar-refractivity contribution in [2.45, 2.75) is 18.9 Å². The first-order valence-electron chi connectivity index (χ1n) is 11.9. The van der Waals surface area contributed by atoms with Crippen molar-refractivity contribution >= 4 is 16.7 Å². The van der Waals surface area contributed by atoms with Gasteiger partial charge in [-0.15, -0.1) is 0 Å². The lowest BCUT2D eigenvalue weighted by Gasteiger charge is -2.39. The fraction of sp³-hybridized carbons (Fsp3) is 0.370. The number of fused-ring (bicyclic) bond motifs is 1. The molecule has 1 fully saturated rings. The number of aromatic nitrogens is 1. The first-order valence-corrected chi connectivity index (χ1v) is 11.9. The van der Waals surface area contributed by atoms with Crippen LogP contribution in [0.3, 0.4) is 0 Å². The molecule has 0 bridgehead atoms. The standard InChI is InChI=1S/C27H32N4O4/c1-28-25-14-17(8-11-31(25)19-6-5-9-29-16-19)20-7-10-30-21-15-22(35-26(20)21)18-12-23(32-2)27(34-4)24(13-18)33-3/h7-8,10,12-15,19,28-29H,5-6,9,11,16H2,1-4H3/t19-/m1/s1. The molecular formula is C27H32N4O4. The molecule has 3 aromatic rings. The molecule has 5 rings (SSSR count). The zero-order valence-electron chi connectivity index (χ0n) is 20.7. The highest BCUT2D eigenvalue weighted by Crippen LogP contribution is 2.42. The summed E-state index contributed by atoms with van der Waals surface area (Å²) in [6.45, 7) is 2.96. The van der Waals surface area contributed by atoms with Gasteiger partial charge in [0, 0.05) is 49.6 Å². The Hall–Kier alpha value is -3.65. The van der Waals surface area contributed by atoms with Crippen molar-refractivity contribution in [2.75, 3.05) is 48.0 Å². The maximum Gasteiger partial charge on any atom is 0.203 e. The number of hydrogen-bond donors (Lipinski definition) is 2. The Morgan fingerprint density at radius 1 is 1.11 bits per heavy atom. The van der Waals surface area contributed by atoms with Crippen molar-refractivity contribution in [1.29, 1.82) is 0 Å². The largest absolute Gasteiger partial charge is 0.493 e. The fourth-order valence-corrected chi connectivity index (χ4v) is 4.96. The van der Waals surface area contributed by atoms with Crippen LogP contribution in [0.2, 0.25) is 0 Å². The molecule has 0 saturated carbocycles. The number of rotatable bonds is 7. The third-order valence-corrected chi connectivity index (χ3v) is 6.75. The number of nitrogens with one attached hydrogen (secondary N) is 2. The topological polar surface area (TPSA) is 81.0 Å². The van der Waals surface area contributed by atoms with Gasteiger partial charge < -0.3 is 34.2 Å². The molecule has 8 heteroatoms. The summed E-state index contributed by atoms with van der Waals surface area (Å²) in [6.07, 6.45) is 8.71. The minimum absolute atomic E-state index is 0.493. The van der Waals surface area contributed by atoms with E-state index in [9.17, 15) is 0 Å². The van der Waals surface area contributed by atoms with Crippen LogP contribution in [0.25, 0.3) is 28.0 Å². The smallest absolute Gasteiger partial charge is 0.203 e. The number of hydrogen-bond acceptors (Lipinski definition) is 8. The number of piperidine rings is 1. The van der Waals surface area contributed by atoms with Crippen LogP contribution < -0.4 is 24.8 Å². The molecule has 0 radical (unpaired) electrons. The number of furan rings is 1. The molecule has 0 unspecified atom stereocenters. The van der Waals surface area contributed by atoms with Gasteiger partial charge in [0.25, 0.3) is 0 Å². The molecule has 2 aliphatic heterocycles. The number of methoxy groups -OCH3 is 3. The van der Waals surface area contributed by atoms with Gasteiger partial charge in [0.15, 0.2) is 17.1 Å². The van der Waals surface area contributed by atoms with E-state index in [-0.39, 0.29) is 0 Å². The molecule has 8 nitrogen and oxygen atoms in total. The van der Waals surface area contributed by atoms with Crippen LogP contribution in [0, 0.1) is 0 Å². The Morgan fingerprint density at radius 2 is 1.91 bits per heavy atom. The second-order valence-electron chi connectivity index (χ2n) is 8.69. The van der Waals surface area contributed by atoms with E-state index in [0.29, 0.717) is 29.1 Å². The summed E-state index contributed by atoms with van der Waals surface area (Å²) in [7, 11) is 6.78. The molecule has 35 heavy (non-hydrogen) atoms. The Labute approximate surface area is 205 Å². The van der Waals surface area contributed by atoms with Crippen molar-refractivity contribution in [3.05, 3.63) is 54.0 Å². The van der Waals surface area contributed by atoms with Gasteiger partial charge in [-0.3, -0.25) is 4.98 Å². The number of pyridine rings is 1. The predicted molar refractivity (Wildman–Crippen MR) is 137 cm³/mol. The molecule has 2 N–H and O–H groups in total. The van der Waals surface area contributed by atoms with Crippen LogP contribution in [0.1, 0.15) is 18.4 Å². The van der Waals surface area contributed by atoms with E-state index in [1.165, 1.54) is 12.8 Å². The van der Waals surface area contributed by atoms with Gasteiger partial charge in [-0.1, -0.05) is 6.08 Å². The first kappa shape index (κ1) is 23.1. The molecule has 0 aliphatic carbocycles. The van der Waals surface area contributed by atoms with E-state index in [2.05, 4.69) is 32.7 Å². The minimum atomic E-state index is 0.493. The maximum atomic E-state index is 6.39. The van der Waals surface area contributed by atoms with E-state index in [0.717, 1.165) is 53.3 Å². The van der Waals surface area contributed by atoms with Gasteiger partial charge in [-0.2, -0.15) is 0 Å². The molecular weight excluding hydrogens is 444 g/mol. The highest BCUT2D eigenvalue weighted by atomic mass is 16.5. The van der Waals surface area contributed by atoms with Crippen LogP contribution in [-0.2, 0) is 0 Å². The minimum Gasteiger partial charge on any atom is -0.493 e. The normalized spacial score (nSPS) is 18.2. The molecule has 2 aromatic heterocycles. The van der Waals surface area contributed by atoms with Gasteiger partial charge in [-0.25, -0.2) is 0 Å². The summed E-state index contributed by atoms with van der Waals surface area (Å²) in [4.78, 5) is 7.01. The van der Waals surface area contributed by atoms with Crippen LogP contribution in [-0.4, -0.2) is 63.9 Å². The molecule has 184 valence electrons. The first-order chi connectivity index (χ1) is 17.2. The Morgan fingerprint density at radius 3 is 2.57 bits per heavy atom. The van der Waals surface area contributed by atoms with Crippen molar-refractivity contribution in [2.24, 2.45) is 0 Å². The summed E-state index contributed by atoms with van der Waals surface area (Å²) < 4.78 is 22.9. The van der Waals surface area contributed by atoms with Crippen molar-refractivity contribution in [1.82, 2.24) is 20.5 Å². The van der Waals surface area contributed by atoms with Crippen molar-refractivity contribution in [3.63, 3.8) is 0 Å². The van der Waals surface area contributed by atoms with E-state index in [1.807, 2.05) is 37.5 Å².